The minimum Gasteiger partial charge on any atom is -0.508 e. The fourth-order valence-electron chi connectivity index (χ4n) is 1.69. The third-order valence-electron chi connectivity index (χ3n) is 2.64. The maximum atomic E-state index is 8.63. The maximum Gasteiger partial charge on any atom is 0.115 e. The molecule has 0 bridgehead atoms. The summed E-state index contributed by atoms with van der Waals surface area (Å²) in [5, 5.41) is 15.6. The zero-order valence-corrected chi connectivity index (χ0v) is 16.1. The molecule has 0 radical (unpaired) electrons. The predicted octanol–water partition coefficient (Wildman–Crippen LogP) is 6.41. The molecule has 0 saturated heterocycles. The molecular weight excluding hydrogens is 308 g/mol. The Morgan fingerprint density at radius 3 is 0.880 bits per heavy atom. The van der Waals surface area contributed by atoms with E-state index in [0.29, 0.717) is 5.75 Å². The third kappa shape index (κ3) is 12.5. The first-order valence-corrected chi connectivity index (χ1v) is 8.65. The summed E-state index contributed by atoms with van der Waals surface area (Å²) in [5.74, 6) is 0.322. The molecule has 0 amide bonds. The highest BCUT2D eigenvalue weighted by Gasteiger charge is 1.91. The lowest BCUT2D eigenvalue weighted by atomic mass is 10.1. The Morgan fingerprint density at radius 2 is 0.680 bits per heavy atom. The van der Waals surface area contributed by atoms with Crippen molar-refractivity contribution in [3.05, 3.63) is 91.0 Å². The number of aliphatic hydroxyl groups is 1. The SMILES string of the molecule is CC.CC.CO.Oc1ccccc1.c1ccc(-c2ccccc2)cc1. The molecule has 25 heavy (non-hydrogen) atoms. The number of benzene rings is 3. The van der Waals surface area contributed by atoms with Gasteiger partial charge in [-0.05, 0) is 23.3 Å². The van der Waals surface area contributed by atoms with Crippen LogP contribution in [-0.4, -0.2) is 17.3 Å². The molecule has 3 aromatic carbocycles. The van der Waals surface area contributed by atoms with Gasteiger partial charge in [0.05, 0.1) is 0 Å². The number of phenolic OH excluding ortho intramolecular Hbond substituents is 1. The van der Waals surface area contributed by atoms with Crippen LogP contribution in [0.15, 0.2) is 91.0 Å². The van der Waals surface area contributed by atoms with Gasteiger partial charge in [-0.15, -0.1) is 0 Å². The Labute approximate surface area is 153 Å². The summed E-state index contributed by atoms with van der Waals surface area (Å²) in [7, 11) is 1.00. The highest BCUT2D eigenvalue weighted by molar-refractivity contribution is 5.62. The molecular formula is C23H32O2. The minimum absolute atomic E-state index is 0.322. The predicted molar refractivity (Wildman–Crippen MR) is 111 cm³/mol. The smallest absolute Gasteiger partial charge is 0.115 e. The number of aliphatic hydroxyl groups excluding tert-OH is 1. The molecule has 0 unspecified atom stereocenters. The molecule has 0 aliphatic rings. The van der Waals surface area contributed by atoms with Gasteiger partial charge in [0.1, 0.15) is 5.75 Å². The Bertz CT molecular complexity index is 541. The average molecular weight is 341 g/mol. The van der Waals surface area contributed by atoms with E-state index in [-0.39, 0.29) is 0 Å². The summed E-state index contributed by atoms with van der Waals surface area (Å²) in [6.07, 6.45) is 0. The van der Waals surface area contributed by atoms with E-state index in [0.717, 1.165) is 7.11 Å². The highest BCUT2D eigenvalue weighted by atomic mass is 16.3. The summed E-state index contributed by atoms with van der Waals surface area (Å²) in [6.45, 7) is 8.00. The molecule has 0 fully saturated rings. The zero-order chi connectivity index (χ0) is 19.3. The molecule has 3 aromatic rings. The van der Waals surface area contributed by atoms with Gasteiger partial charge in [0, 0.05) is 7.11 Å². The van der Waals surface area contributed by atoms with Crippen LogP contribution in [0.5, 0.6) is 5.75 Å². The lowest BCUT2D eigenvalue weighted by molar-refractivity contribution is 0.399. The lowest BCUT2D eigenvalue weighted by Gasteiger charge is -1.98. The first kappa shape index (κ1) is 24.7. The van der Waals surface area contributed by atoms with Gasteiger partial charge in [-0.25, -0.2) is 0 Å². The van der Waals surface area contributed by atoms with Crippen LogP contribution in [0.4, 0.5) is 0 Å². The molecule has 2 N–H and O–H groups in total. The van der Waals surface area contributed by atoms with E-state index in [4.69, 9.17) is 10.2 Å². The van der Waals surface area contributed by atoms with Crippen LogP contribution in [0.2, 0.25) is 0 Å². The molecule has 0 saturated carbocycles. The van der Waals surface area contributed by atoms with E-state index in [9.17, 15) is 0 Å². The van der Waals surface area contributed by atoms with E-state index in [1.54, 1.807) is 24.3 Å². The Kier molecular flexibility index (Phi) is 19.2. The summed E-state index contributed by atoms with van der Waals surface area (Å²) in [4.78, 5) is 0. The van der Waals surface area contributed by atoms with E-state index >= 15 is 0 Å². The van der Waals surface area contributed by atoms with Crippen LogP contribution in [0.1, 0.15) is 27.7 Å². The summed E-state index contributed by atoms with van der Waals surface area (Å²) >= 11 is 0. The number of hydrogen-bond acceptors (Lipinski definition) is 2. The molecule has 0 spiro atoms. The van der Waals surface area contributed by atoms with Gasteiger partial charge < -0.3 is 10.2 Å². The van der Waals surface area contributed by atoms with Gasteiger partial charge in [-0.2, -0.15) is 0 Å². The molecule has 0 heterocycles. The Balaban J connectivity index is 0. The van der Waals surface area contributed by atoms with E-state index in [1.165, 1.54) is 11.1 Å². The number of hydrogen-bond donors (Lipinski definition) is 2. The normalized spacial score (nSPS) is 7.76. The molecule has 3 rings (SSSR count). The van der Waals surface area contributed by atoms with Crippen LogP contribution in [0, 0.1) is 0 Å². The molecule has 2 nitrogen and oxygen atoms in total. The monoisotopic (exact) mass is 340 g/mol. The summed E-state index contributed by atoms with van der Waals surface area (Å²) in [5.41, 5.74) is 2.55. The highest BCUT2D eigenvalue weighted by Crippen LogP contribution is 2.17. The summed E-state index contributed by atoms with van der Waals surface area (Å²) < 4.78 is 0. The van der Waals surface area contributed by atoms with Gasteiger partial charge in [0.2, 0.25) is 0 Å². The number of rotatable bonds is 1. The van der Waals surface area contributed by atoms with E-state index in [1.807, 2.05) is 45.9 Å². The molecule has 0 aliphatic heterocycles. The van der Waals surface area contributed by atoms with E-state index in [2.05, 4.69) is 48.5 Å². The molecule has 0 aromatic heterocycles. The van der Waals surface area contributed by atoms with Crippen molar-refractivity contribution in [3.63, 3.8) is 0 Å². The largest absolute Gasteiger partial charge is 0.508 e. The van der Waals surface area contributed by atoms with Crippen molar-refractivity contribution in [2.75, 3.05) is 7.11 Å². The van der Waals surface area contributed by atoms with Crippen LogP contribution in [-0.2, 0) is 0 Å². The second-order valence-electron chi connectivity index (χ2n) is 4.07. The molecule has 0 atom stereocenters. The van der Waals surface area contributed by atoms with Crippen molar-refractivity contribution >= 4 is 0 Å². The first-order chi connectivity index (χ1) is 12.4. The third-order valence-corrected chi connectivity index (χ3v) is 2.64. The second-order valence-corrected chi connectivity index (χ2v) is 4.07. The topological polar surface area (TPSA) is 40.5 Å². The Morgan fingerprint density at radius 1 is 0.440 bits per heavy atom. The standard InChI is InChI=1S/C12H10.C6H6O.2C2H6.CH4O/c1-3-7-11(8-4-1)12-9-5-2-6-10-12;7-6-4-2-1-3-5-6;3*1-2/h1-10H;1-5,7H;2*1-2H3;2H,1H3. The van der Waals surface area contributed by atoms with Crippen LogP contribution in [0.3, 0.4) is 0 Å². The number of phenols is 1. The van der Waals surface area contributed by atoms with Crippen molar-refractivity contribution < 1.29 is 10.2 Å². The van der Waals surface area contributed by atoms with Gasteiger partial charge in [0.25, 0.3) is 0 Å². The maximum absolute atomic E-state index is 8.63. The van der Waals surface area contributed by atoms with Gasteiger partial charge in [-0.1, -0.05) is 107 Å². The molecule has 0 aliphatic carbocycles. The van der Waals surface area contributed by atoms with Crippen LogP contribution in [0.25, 0.3) is 11.1 Å². The van der Waals surface area contributed by atoms with Crippen molar-refractivity contribution in [2.24, 2.45) is 0 Å². The first-order valence-electron chi connectivity index (χ1n) is 8.65. The fraction of sp³-hybridized carbons (Fsp3) is 0.217. The van der Waals surface area contributed by atoms with Gasteiger partial charge >= 0.3 is 0 Å². The van der Waals surface area contributed by atoms with Gasteiger partial charge in [0.15, 0.2) is 0 Å². The minimum atomic E-state index is 0.322. The Hall–Kier alpha value is -2.58. The quantitative estimate of drug-likeness (QED) is 0.537. The molecule has 2 heteroatoms. The van der Waals surface area contributed by atoms with Crippen molar-refractivity contribution in [1.29, 1.82) is 0 Å². The van der Waals surface area contributed by atoms with Crippen molar-refractivity contribution in [2.45, 2.75) is 27.7 Å². The van der Waals surface area contributed by atoms with Crippen molar-refractivity contribution in [3.8, 4) is 16.9 Å². The zero-order valence-electron chi connectivity index (χ0n) is 16.1. The fourth-order valence-corrected chi connectivity index (χ4v) is 1.69. The summed E-state index contributed by atoms with van der Waals surface area (Å²) in [6, 6.07) is 29.5. The van der Waals surface area contributed by atoms with Crippen molar-refractivity contribution in [1.82, 2.24) is 0 Å². The van der Waals surface area contributed by atoms with Gasteiger partial charge in [-0.3, -0.25) is 0 Å². The van der Waals surface area contributed by atoms with Crippen LogP contribution < -0.4 is 0 Å². The second kappa shape index (κ2) is 19.5. The molecule has 136 valence electrons. The number of aromatic hydroxyl groups is 1. The lowest BCUT2D eigenvalue weighted by Crippen LogP contribution is -1.73. The number of para-hydroxylation sites is 1. The average Bonchev–Trinajstić information content (AvgIpc) is 2.75. The van der Waals surface area contributed by atoms with Crippen LogP contribution >= 0.6 is 0 Å². The van der Waals surface area contributed by atoms with E-state index < -0.39 is 0 Å².